The molecule has 2 unspecified atom stereocenters. The van der Waals surface area contributed by atoms with Crippen molar-refractivity contribution >= 4 is 5.91 Å². The van der Waals surface area contributed by atoms with E-state index < -0.39 is 0 Å². The number of likely N-dealkylation sites (N-methyl/N-ethyl adjacent to an activating group) is 1. The van der Waals surface area contributed by atoms with E-state index in [1.54, 1.807) is 0 Å². The van der Waals surface area contributed by atoms with Crippen LogP contribution in [-0.4, -0.2) is 30.4 Å². The minimum Gasteiger partial charge on any atom is -0.341 e. The van der Waals surface area contributed by atoms with Gasteiger partial charge in [0.1, 0.15) is 0 Å². The fraction of sp³-hybridized carbons (Fsp3) is 0.909. The van der Waals surface area contributed by atoms with Gasteiger partial charge in [-0.3, -0.25) is 4.79 Å². The summed E-state index contributed by atoms with van der Waals surface area (Å²) in [5, 5.41) is 0. The summed E-state index contributed by atoms with van der Waals surface area (Å²) in [4.78, 5) is 13.7. The third-order valence-electron chi connectivity index (χ3n) is 3.29. The second-order valence-electron chi connectivity index (χ2n) is 4.40. The van der Waals surface area contributed by atoms with Gasteiger partial charge in [0.25, 0.3) is 0 Å². The molecule has 1 aliphatic carbocycles. The number of nitrogens with zero attached hydrogens (tertiary/aromatic N) is 1. The van der Waals surface area contributed by atoms with E-state index in [9.17, 15) is 4.79 Å². The van der Waals surface area contributed by atoms with E-state index in [2.05, 4.69) is 0 Å². The molecule has 14 heavy (non-hydrogen) atoms. The van der Waals surface area contributed by atoms with Crippen LogP contribution in [0.15, 0.2) is 0 Å². The third kappa shape index (κ3) is 2.47. The molecule has 1 aliphatic rings. The molecule has 1 rings (SSSR count). The van der Waals surface area contributed by atoms with Crippen molar-refractivity contribution in [3.05, 3.63) is 0 Å². The van der Waals surface area contributed by atoms with E-state index in [0.29, 0.717) is 12.5 Å². The summed E-state index contributed by atoms with van der Waals surface area (Å²) in [6.45, 7) is 4.63. The Labute approximate surface area is 86.6 Å². The molecule has 1 saturated carbocycles. The largest absolute Gasteiger partial charge is 0.341 e. The van der Waals surface area contributed by atoms with Crippen molar-refractivity contribution in [2.24, 2.45) is 17.6 Å². The van der Waals surface area contributed by atoms with Gasteiger partial charge in [-0.1, -0.05) is 13.8 Å². The lowest BCUT2D eigenvalue weighted by molar-refractivity contribution is -0.136. The molecule has 0 aliphatic heterocycles. The van der Waals surface area contributed by atoms with E-state index >= 15 is 0 Å². The predicted octanol–water partition coefficient (Wildman–Crippen LogP) is 1.23. The van der Waals surface area contributed by atoms with Crippen molar-refractivity contribution in [3.8, 4) is 0 Å². The van der Waals surface area contributed by atoms with Gasteiger partial charge in [-0.05, 0) is 25.2 Å². The van der Waals surface area contributed by atoms with Crippen LogP contribution in [0.1, 0.15) is 33.1 Å². The quantitative estimate of drug-likeness (QED) is 0.722. The second-order valence-corrected chi connectivity index (χ2v) is 4.40. The highest BCUT2D eigenvalue weighted by molar-refractivity contribution is 5.78. The number of amides is 1. The molecule has 0 aromatic rings. The Hall–Kier alpha value is -0.570. The number of nitrogens with two attached hydrogens (primary N) is 1. The van der Waals surface area contributed by atoms with Gasteiger partial charge in [-0.2, -0.15) is 0 Å². The number of hydrogen-bond donors (Lipinski definition) is 1. The summed E-state index contributed by atoms with van der Waals surface area (Å²) < 4.78 is 0. The SMILES string of the molecule is CCC(C)C(=O)N(C)C(CN)C1CC1. The Bertz CT molecular complexity index is 201. The summed E-state index contributed by atoms with van der Waals surface area (Å²) in [6, 6.07) is 0.275. The third-order valence-corrected chi connectivity index (χ3v) is 3.29. The molecule has 82 valence electrons. The van der Waals surface area contributed by atoms with Crippen LogP contribution in [0.25, 0.3) is 0 Å². The molecule has 3 heteroatoms. The summed E-state index contributed by atoms with van der Waals surface area (Å²) in [6.07, 6.45) is 3.38. The van der Waals surface area contributed by atoms with Crippen molar-refractivity contribution in [2.45, 2.75) is 39.2 Å². The number of hydrogen-bond acceptors (Lipinski definition) is 2. The van der Waals surface area contributed by atoms with Crippen molar-refractivity contribution in [1.29, 1.82) is 0 Å². The number of carbonyl (C=O) groups excluding carboxylic acids is 1. The van der Waals surface area contributed by atoms with Gasteiger partial charge in [-0.15, -0.1) is 0 Å². The van der Waals surface area contributed by atoms with E-state index in [1.807, 2.05) is 25.8 Å². The van der Waals surface area contributed by atoms with E-state index in [0.717, 1.165) is 6.42 Å². The molecule has 0 saturated heterocycles. The van der Waals surface area contributed by atoms with Crippen LogP contribution in [-0.2, 0) is 4.79 Å². The minimum absolute atomic E-state index is 0.132. The first-order chi connectivity index (χ1) is 6.61. The molecule has 2 N–H and O–H groups in total. The molecule has 1 amide bonds. The van der Waals surface area contributed by atoms with Crippen LogP contribution >= 0.6 is 0 Å². The zero-order valence-electron chi connectivity index (χ0n) is 9.49. The Morgan fingerprint density at radius 1 is 1.57 bits per heavy atom. The van der Waals surface area contributed by atoms with E-state index in [1.165, 1.54) is 12.8 Å². The monoisotopic (exact) mass is 198 g/mol. The highest BCUT2D eigenvalue weighted by Crippen LogP contribution is 2.34. The lowest BCUT2D eigenvalue weighted by Gasteiger charge is -2.29. The van der Waals surface area contributed by atoms with Crippen LogP contribution in [0, 0.1) is 11.8 Å². The average Bonchev–Trinajstić information content (AvgIpc) is 3.00. The highest BCUT2D eigenvalue weighted by Gasteiger charge is 2.35. The molecule has 0 aromatic carbocycles. The van der Waals surface area contributed by atoms with Crippen LogP contribution in [0.5, 0.6) is 0 Å². The normalized spacial score (nSPS) is 20.3. The second kappa shape index (κ2) is 4.78. The Morgan fingerprint density at radius 2 is 2.14 bits per heavy atom. The molecule has 0 aromatic heterocycles. The van der Waals surface area contributed by atoms with E-state index in [-0.39, 0.29) is 17.9 Å². The van der Waals surface area contributed by atoms with Gasteiger partial charge in [-0.25, -0.2) is 0 Å². The highest BCUT2D eigenvalue weighted by atomic mass is 16.2. The van der Waals surface area contributed by atoms with Gasteiger partial charge < -0.3 is 10.6 Å². The fourth-order valence-electron chi connectivity index (χ4n) is 1.83. The maximum atomic E-state index is 11.9. The van der Waals surface area contributed by atoms with Gasteiger partial charge in [0.15, 0.2) is 0 Å². The molecule has 0 spiro atoms. The minimum atomic E-state index is 0.132. The topological polar surface area (TPSA) is 46.3 Å². The fourth-order valence-corrected chi connectivity index (χ4v) is 1.83. The predicted molar refractivity (Wildman–Crippen MR) is 57.8 cm³/mol. The van der Waals surface area contributed by atoms with Gasteiger partial charge >= 0.3 is 0 Å². The molecule has 0 bridgehead atoms. The summed E-state index contributed by atoms with van der Waals surface area (Å²) >= 11 is 0. The zero-order chi connectivity index (χ0) is 10.7. The van der Waals surface area contributed by atoms with Crippen molar-refractivity contribution in [3.63, 3.8) is 0 Å². The summed E-state index contributed by atoms with van der Waals surface area (Å²) in [5.74, 6) is 1.04. The Balaban J connectivity index is 2.52. The van der Waals surface area contributed by atoms with E-state index in [4.69, 9.17) is 5.73 Å². The number of rotatable bonds is 5. The van der Waals surface area contributed by atoms with Crippen LogP contribution in [0.2, 0.25) is 0 Å². The number of carbonyl (C=O) groups is 1. The van der Waals surface area contributed by atoms with Crippen molar-refractivity contribution in [2.75, 3.05) is 13.6 Å². The molecule has 2 atom stereocenters. The van der Waals surface area contributed by atoms with Gasteiger partial charge in [0.2, 0.25) is 5.91 Å². The van der Waals surface area contributed by atoms with Gasteiger partial charge in [0.05, 0.1) is 0 Å². The lowest BCUT2D eigenvalue weighted by atomic mass is 10.1. The van der Waals surface area contributed by atoms with Crippen molar-refractivity contribution < 1.29 is 4.79 Å². The standard InChI is InChI=1S/C11H22N2O/c1-4-8(2)11(14)13(3)10(7-12)9-5-6-9/h8-10H,4-7,12H2,1-3H3. The average molecular weight is 198 g/mol. The molecular formula is C11H22N2O. The molecule has 1 fully saturated rings. The smallest absolute Gasteiger partial charge is 0.225 e. The van der Waals surface area contributed by atoms with Crippen LogP contribution in [0.4, 0.5) is 0 Å². The first kappa shape index (κ1) is 11.5. The van der Waals surface area contributed by atoms with Crippen LogP contribution in [0.3, 0.4) is 0 Å². The first-order valence-electron chi connectivity index (χ1n) is 5.58. The zero-order valence-corrected chi connectivity index (χ0v) is 9.49. The first-order valence-corrected chi connectivity index (χ1v) is 5.58. The Morgan fingerprint density at radius 3 is 2.50 bits per heavy atom. The maximum Gasteiger partial charge on any atom is 0.225 e. The lowest BCUT2D eigenvalue weighted by Crippen LogP contribution is -2.45. The summed E-state index contributed by atoms with van der Waals surface area (Å²) in [7, 11) is 1.89. The Kier molecular flexibility index (Phi) is 3.93. The van der Waals surface area contributed by atoms with Crippen LogP contribution < -0.4 is 5.73 Å². The van der Waals surface area contributed by atoms with Gasteiger partial charge in [0, 0.05) is 25.6 Å². The molecule has 0 heterocycles. The molecular weight excluding hydrogens is 176 g/mol. The van der Waals surface area contributed by atoms with Crippen molar-refractivity contribution in [1.82, 2.24) is 4.90 Å². The molecule has 3 nitrogen and oxygen atoms in total. The maximum absolute atomic E-state index is 11.9. The summed E-state index contributed by atoms with van der Waals surface area (Å²) in [5.41, 5.74) is 5.70. The molecule has 0 radical (unpaired) electrons.